The SMILES string of the molecule is CN1OS(=O)N(c2ccccc2C(F)(F)F)C1=O. The van der Waals surface area contributed by atoms with Crippen LogP contribution < -0.4 is 4.31 Å². The van der Waals surface area contributed by atoms with Crippen LogP contribution in [0, 0.1) is 0 Å². The van der Waals surface area contributed by atoms with Crippen LogP contribution in [0.3, 0.4) is 0 Å². The van der Waals surface area contributed by atoms with Crippen molar-refractivity contribution in [3.05, 3.63) is 29.8 Å². The Balaban J connectivity index is 2.52. The largest absolute Gasteiger partial charge is 0.418 e. The lowest BCUT2D eigenvalue weighted by Crippen LogP contribution is -2.31. The van der Waals surface area contributed by atoms with Gasteiger partial charge in [0.25, 0.3) is 11.3 Å². The third kappa shape index (κ3) is 2.06. The molecule has 1 aliphatic rings. The standard InChI is InChI=1S/C9H7F3N2O3S/c1-13-8(15)14(18(16)17-13)7-5-3-2-4-6(7)9(10,11)12/h2-5H,1H3. The predicted molar refractivity (Wildman–Crippen MR) is 56.3 cm³/mol. The number of rotatable bonds is 1. The molecule has 98 valence electrons. The first-order chi connectivity index (χ1) is 8.32. The highest BCUT2D eigenvalue weighted by Crippen LogP contribution is 2.38. The van der Waals surface area contributed by atoms with Crippen molar-refractivity contribution < 1.29 is 26.5 Å². The smallest absolute Gasteiger partial charge is 0.244 e. The van der Waals surface area contributed by atoms with E-state index in [1.807, 2.05) is 0 Å². The molecule has 1 atom stereocenters. The number of hydrogen-bond donors (Lipinski definition) is 0. The summed E-state index contributed by atoms with van der Waals surface area (Å²) in [5.74, 6) is 0. The van der Waals surface area contributed by atoms with Gasteiger partial charge in [0.2, 0.25) is 0 Å². The Bertz CT molecular complexity index is 520. The molecule has 1 saturated heterocycles. The fraction of sp³-hybridized carbons (Fsp3) is 0.222. The molecule has 1 fully saturated rings. The maximum absolute atomic E-state index is 12.8. The van der Waals surface area contributed by atoms with Crippen molar-refractivity contribution in [3.8, 4) is 0 Å². The van der Waals surface area contributed by atoms with Crippen molar-refractivity contribution >= 4 is 23.0 Å². The van der Waals surface area contributed by atoms with Gasteiger partial charge in [0.1, 0.15) is 0 Å². The van der Waals surface area contributed by atoms with E-state index in [2.05, 4.69) is 4.28 Å². The second-order valence-electron chi connectivity index (χ2n) is 3.38. The fourth-order valence-electron chi connectivity index (χ4n) is 1.43. The van der Waals surface area contributed by atoms with Gasteiger partial charge in [-0.05, 0) is 12.1 Å². The van der Waals surface area contributed by atoms with Crippen molar-refractivity contribution in [1.29, 1.82) is 0 Å². The van der Waals surface area contributed by atoms with Crippen LogP contribution in [0.4, 0.5) is 23.7 Å². The number of alkyl halides is 3. The van der Waals surface area contributed by atoms with Crippen LogP contribution >= 0.6 is 0 Å². The zero-order valence-corrected chi connectivity index (χ0v) is 9.79. The molecule has 1 unspecified atom stereocenters. The number of urea groups is 1. The van der Waals surface area contributed by atoms with Crippen molar-refractivity contribution in [1.82, 2.24) is 5.06 Å². The van der Waals surface area contributed by atoms with E-state index in [1.54, 1.807) is 0 Å². The Morgan fingerprint density at radius 1 is 1.28 bits per heavy atom. The Morgan fingerprint density at radius 3 is 2.39 bits per heavy atom. The second-order valence-corrected chi connectivity index (χ2v) is 4.33. The van der Waals surface area contributed by atoms with Crippen LogP contribution in [0.25, 0.3) is 0 Å². The lowest BCUT2D eigenvalue weighted by Gasteiger charge is -2.17. The molecule has 18 heavy (non-hydrogen) atoms. The Hall–Kier alpha value is -1.61. The third-order valence-electron chi connectivity index (χ3n) is 2.20. The van der Waals surface area contributed by atoms with E-state index in [0.717, 1.165) is 19.2 Å². The van der Waals surface area contributed by atoms with Gasteiger partial charge in [-0.25, -0.2) is 9.00 Å². The molecule has 0 saturated carbocycles. The van der Waals surface area contributed by atoms with Crippen LogP contribution in [0.1, 0.15) is 5.56 Å². The number of benzene rings is 1. The lowest BCUT2D eigenvalue weighted by atomic mass is 10.1. The molecule has 0 aliphatic carbocycles. The Kier molecular flexibility index (Phi) is 3.03. The molecule has 1 aliphatic heterocycles. The van der Waals surface area contributed by atoms with Gasteiger partial charge < -0.3 is 0 Å². The molecule has 2 amide bonds. The van der Waals surface area contributed by atoms with E-state index < -0.39 is 34.7 Å². The topological polar surface area (TPSA) is 49.9 Å². The van der Waals surface area contributed by atoms with E-state index in [1.165, 1.54) is 12.1 Å². The first-order valence-electron chi connectivity index (χ1n) is 4.66. The monoisotopic (exact) mass is 280 g/mol. The first kappa shape index (κ1) is 12.8. The number of amides is 2. The van der Waals surface area contributed by atoms with E-state index in [-0.39, 0.29) is 0 Å². The highest BCUT2D eigenvalue weighted by atomic mass is 32.2. The number of para-hydroxylation sites is 1. The average Bonchev–Trinajstić information content (AvgIpc) is 2.52. The molecular formula is C9H7F3N2O3S. The molecule has 0 aromatic heterocycles. The lowest BCUT2D eigenvalue weighted by molar-refractivity contribution is -0.137. The summed E-state index contributed by atoms with van der Waals surface area (Å²) in [7, 11) is 1.16. The molecule has 1 heterocycles. The van der Waals surface area contributed by atoms with E-state index in [4.69, 9.17) is 0 Å². The van der Waals surface area contributed by atoms with Crippen molar-refractivity contribution in [2.24, 2.45) is 0 Å². The quantitative estimate of drug-likeness (QED) is 0.791. The number of anilines is 1. The van der Waals surface area contributed by atoms with Crippen LogP contribution in [-0.4, -0.2) is 22.4 Å². The van der Waals surface area contributed by atoms with Gasteiger partial charge in [-0.2, -0.15) is 22.5 Å². The summed E-state index contributed by atoms with van der Waals surface area (Å²) in [6, 6.07) is 3.43. The maximum Gasteiger partial charge on any atom is 0.418 e. The molecule has 9 heteroatoms. The molecule has 5 nitrogen and oxygen atoms in total. The Morgan fingerprint density at radius 2 is 1.89 bits per heavy atom. The van der Waals surface area contributed by atoms with Crippen molar-refractivity contribution in [2.45, 2.75) is 6.18 Å². The third-order valence-corrected chi connectivity index (χ3v) is 3.20. The normalized spacial score (nSPS) is 20.7. The van der Waals surface area contributed by atoms with Crippen LogP contribution in [-0.2, 0) is 21.7 Å². The van der Waals surface area contributed by atoms with E-state index in [0.29, 0.717) is 9.37 Å². The molecule has 1 aromatic rings. The molecular weight excluding hydrogens is 273 g/mol. The van der Waals surface area contributed by atoms with Gasteiger partial charge in [0.15, 0.2) is 0 Å². The average molecular weight is 280 g/mol. The van der Waals surface area contributed by atoms with E-state index >= 15 is 0 Å². The fourth-order valence-corrected chi connectivity index (χ4v) is 2.31. The minimum Gasteiger partial charge on any atom is -0.244 e. The van der Waals surface area contributed by atoms with Gasteiger partial charge >= 0.3 is 12.2 Å². The molecule has 0 bridgehead atoms. The summed E-state index contributed by atoms with van der Waals surface area (Å²) >= 11 is -2.31. The predicted octanol–water partition coefficient (Wildman–Crippen LogP) is 2.09. The number of carbonyl (C=O) groups excluding carboxylic acids is 1. The van der Waals surface area contributed by atoms with Crippen molar-refractivity contribution in [3.63, 3.8) is 0 Å². The second kappa shape index (κ2) is 4.25. The number of hydrogen-bond acceptors (Lipinski definition) is 3. The molecule has 0 spiro atoms. The summed E-state index contributed by atoms with van der Waals surface area (Å²) in [4.78, 5) is 11.6. The number of halogens is 3. The maximum atomic E-state index is 12.8. The highest BCUT2D eigenvalue weighted by molar-refractivity contribution is 7.83. The van der Waals surface area contributed by atoms with Crippen molar-refractivity contribution in [2.75, 3.05) is 11.4 Å². The molecule has 1 aromatic carbocycles. The summed E-state index contributed by atoms with van der Waals surface area (Å²) in [6.07, 6.45) is -4.65. The molecule has 0 N–H and O–H groups in total. The summed E-state index contributed by atoms with van der Waals surface area (Å²) in [5, 5.41) is 0.614. The number of nitrogens with zero attached hydrogens (tertiary/aromatic N) is 2. The number of hydroxylamine groups is 2. The Labute approximate surface area is 102 Å². The van der Waals surface area contributed by atoms with Gasteiger partial charge in [-0.15, -0.1) is 4.28 Å². The molecule has 0 radical (unpaired) electrons. The van der Waals surface area contributed by atoms with Gasteiger partial charge in [0.05, 0.1) is 11.3 Å². The minimum absolute atomic E-state index is 0.447. The highest BCUT2D eigenvalue weighted by Gasteiger charge is 2.42. The van der Waals surface area contributed by atoms with E-state index in [9.17, 15) is 22.2 Å². The summed E-state index contributed by atoms with van der Waals surface area (Å²) in [6.45, 7) is 0. The zero-order valence-electron chi connectivity index (χ0n) is 8.97. The van der Waals surface area contributed by atoms with Crippen LogP contribution in [0.5, 0.6) is 0 Å². The summed E-state index contributed by atoms with van der Waals surface area (Å²) in [5.41, 5.74) is -1.55. The summed E-state index contributed by atoms with van der Waals surface area (Å²) < 4.78 is 54.7. The van der Waals surface area contributed by atoms with Gasteiger partial charge in [-0.3, -0.25) is 0 Å². The minimum atomic E-state index is -4.65. The zero-order chi connectivity index (χ0) is 13.5. The van der Waals surface area contributed by atoms with Gasteiger partial charge in [0, 0.05) is 7.05 Å². The van der Waals surface area contributed by atoms with Crippen LogP contribution in [0.2, 0.25) is 0 Å². The van der Waals surface area contributed by atoms with Gasteiger partial charge in [-0.1, -0.05) is 12.1 Å². The molecule has 2 rings (SSSR count). The number of carbonyl (C=O) groups is 1. The first-order valence-corrected chi connectivity index (χ1v) is 5.70. The van der Waals surface area contributed by atoms with Crippen LogP contribution in [0.15, 0.2) is 24.3 Å².